The predicted octanol–water partition coefficient (Wildman–Crippen LogP) is 4.45. The predicted molar refractivity (Wildman–Crippen MR) is 87.6 cm³/mol. The third kappa shape index (κ3) is 4.37. The monoisotopic (exact) mass is 335 g/mol. The van der Waals surface area contributed by atoms with Crippen LogP contribution in [-0.4, -0.2) is 18.6 Å². The molecule has 24 heavy (non-hydrogen) atoms. The Kier molecular flexibility index (Phi) is 5.65. The fraction of sp³-hybridized carbons (Fsp3) is 0.316. The second kappa shape index (κ2) is 7.51. The van der Waals surface area contributed by atoms with Crippen molar-refractivity contribution in [2.24, 2.45) is 0 Å². The van der Waals surface area contributed by atoms with Gasteiger partial charge in [-0.3, -0.25) is 4.79 Å². The lowest BCUT2D eigenvalue weighted by atomic mass is 9.75. The maximum absolute atomic E-state index is 12.8. The Labute approximate surface area is 139 Å². The van der Waals surface area contributed by atoms with Gasteiger partial charge in [0.15, 0.2) is 0 Å². The molecule has 0 aliphatic heterocycles. The second-order valence-corrected chi connectivity index (χ2v) is 5.83. The maximum Gasteiger partial charge on any atom is 0.389 e. The number of nitrogens with one attached hydrogen (secondary N) is 1. The van der Waals surface area contributed by atoms with Crippen LogP contribution in [0.3, 0.4) is 0 Å². The van der Waals surface area contributed by atoms with E-state index in [1.54, 1.807) is 6.92 Å². The quantitative estimate of drug-likeness (QED) is 0.776. The molecule has 0 aromatic heterocycles. The van der Waals surface area contributed by atoms with Gasteiger partial charge in [0.2, 0.25) is 5.91 Å². The van der Waals surface area contributed by atoms with Gasteiger partial charge in [0.1, 0.15) is 0 Å². The molecule has 0 aliphatic carbocycles. The number of rotatable bonds is 6. The number of halogens is 3. The Balaban J connectivity index is 2.19. The molecule has 1 N–H and O–H groups in total. The normalized spacial score (nSPS) is 12.0. The zero-order valence-corrected chi connectivity index (χ0v) is 13.4. The maximum atomic E-state index is 12.8. The summed E-state index contributed by atoms with van der Waals surface area (Å²) in [5, 5.41) is 2.65. The topological polar surface area (TPSA) is 29.1 Å². The Morgan fingerprint density at radius 2 is 1.38 bits per heavy atom. The van der Waals surface area contributed by atoms with Crippen LogP contribution in [0.4, 0.5) is 13.2 Å². The van der Waals surface area contributed by atoms with Gasteiger partial charge in [-0.05, 0) is 24.5 Å². The van der Waals surface area contributed by atoms with Crippen molar-refractivity contribution in [2.45, 2.75) is 31.4 Å². The summed E-state index contributed by atoms with van der Waals surface area (Å²) in [6.45, 7) is 1.78. The molecule has 0 saturated carbocycles. The minimum atomic E-state index is -4.20. The van der Waals surface area contributed by atoms with E-state index in [1.165, 1.54) is 0 Å². The molecule has 2 aromatic carbocycles. The second-order valence-electron chi connectivity index (χ2n) is 5.83. The molecule has 0 unspecified atom stereocenters. The van der Waals surface area contributed by atoms with Crippen LogP contribution >= 0.6 is 0 Å². The molecular weight excluding hydrogens is 315 g/mol. The first-order chi connectivity index (χ1) is 11.3. The smallest absolute Gasteiger partial charge is 0.355 e. The van der Waals surface area contributed by atoms with E-state index >= 15 is 0 Å². The summed E-state index contributed by atoms with van der Waals surface area (Å²) in [5.74, 6) is -0.304. The molecule has 128 valence electrons. The van der Waals surface area contributed by atoms with Gasteiger partial charge >= 0.3 is 6.18 Å². The van der Waals surface area contributed by atoms with Crippen LogP contribution in [0.2, 0.25) is 0 Å². The van der Waals surface area contributed by atoms with Gasteiger partial charge in [-0.1, -0.05) is 60.7 Å². The number of carbonyl (C=O) groups is 1. The molecule has 2 nitrogen and oxygen atoms in total. The standard InChI is InChI=1S/C19H20F3NO/c1-18(15-9-4-2-5-10-15,16-11-6-3-7-12-16)17(24)23-14-8-13-19(20,21)22/h2-7,9-12H,8,13-14H2,1H3,(H,23,24). The van der Waals surface area contributed by atoms with Gasteiger partial charge < -0.3 is 5.32 Å². The molecule has 2 rings (SSSR count). The number of carbonyl (C=O) groups excluding carboxylic acids is 1. The van der Waals surface area contributed by atoms with Crippen molar-refractivity contribution in [1.82, 2.24) is 5.32 Å². The van der Waals surface area contributed by atoms with E-state index in [-0.39, 0.29) is 18.9 Å². The number of alkyl halides is 3. The first-order valence-corrected chi connectivity index (χ1v) is 7.80. The highest BCUT2D eigenvalue weighted by molar-refractivity contribution is 5.91. The van der Waals surface area contributed by atoms with Crippen molar-refractivity contribution < 1.29 is 18.0 Å². The SMILES string of the molecule is CC(C(=O)NCCCC(F)(F)F)(c1ccccc1)c1ccccc1. The molecule has 0 heterocycles. The molecule has 0 fully saturated rings. The summed E-state index contributed by atoms with van der Waals surface area (Å²) in [6, 6.07) is 18.5. The Morgan fingerprint density at radius 3 is 1.79 bits per heavy atom. The van der Waals surface area contributed by atoms with E-state index in [2.05, 4.69) is 5.32 Å². The van der Waals surface area contributed by atoms with Crippen LogP contribution < -0.4 is 5.32 Å². The molecule has 2 aromatic rings. The number of hydrogen-bond donors (Lipinski definition) is 1. The van der Waals surface area contributed by atoms with Crippen molar-refractivity contribution in [3.63, 3.8) is 0 Å². The summed E-state index contributed by atoms with van der Waals surface area (Å²) in [7, 11) is 0. The van der Waals surface area contributed by atoms with Crippen molar-refractivity contribution >= 4 is 5.91 Å². The lowest BCUT2D eigenvalue weighted by Crippen LogP contribution is -2.43. The number of benzene rings is 2. The minimum Gasteiger partial charge on any atom is -0.355 e. The average molecular weight is 335 g/mol. The molecule has 0 radical (unpaired) electrons. The lowest BCUT2D eigenvalue weighted by molar-refractivity contribution is -0.136. The molecule has 0 spiro atoms. The van der Waals surface area contributed by atoms with Crippen LogP contribution in [0.5, 0.6) is 0 Å². The third-order valence-corrected chi connectivity index (χ3v) is 4.08. The highest BCUT2D eigenvalue weighted by Crippen LogP contribution is 2.32. The van der Waals surface area contributed by atoms with Gasteiger partial charge in [0, 0.05) is 13.0 Å². The molecule has 0 atom stereocenters. The third-order valence-electron chi connectivity index (χ3n) is 4.08. The highest BCUT2D eigenvalue weighted by Gasteiger charge is 2.36. The number of hydrogen-bond acceptors (Lipinski definition) is 1. The van der Waals surface area contributed by atoms with Gasteiger partial charge in [-0.15, -0.1) is 0 Å². The largest absolute Gasteiger partial charge is 0.389 e. The Morgan fingerprint density at radius 1 is 0.917 bits per heavy atom. The molecular formula is C19H20F3NO. The summed E-state index contributed by atoms with van der Waals surface area (Å²) < 4.78 is 36.7. The van der Waals surface area contributed by atoms with Crippen molar-refractivity contribution in [3.8, 4) is 0 Å². The summed E-state index contributed by atoms with van der Waals surface area (Å²) in [4.78, 5) is 12.8. The van der Waals surface area contributed by atoms with Crippen molar-refractivity contribution in [3.05, 3.63) is 71.8 Å². The Hall–Kier alpha value is -2.30. The Bertz CT molecular complexity index is 614. The zero-order chi connectivity index (χ0) is 17.6. The van der Waals surface area contributed by atoms with Crippen LogP contribution in [0.15, 0.2) is 60.7 Å². The van der Waals surface area contributed by atoms with Gasteiger partial charge in [0.05, 0.1) is 5.41 Å². The van der Waals surface area contributed by atoms with E-state index in [4.69, 9.17) is 0 Å². The van der Waals surface area contributed by atoms with Gasteiger partial charge in [-0.25, -0.2) is 0 Å². The summed E-state index contributed by atoms with van der Waals surface area (Å²) in [6.07, 6.45) is -5.23. The molecule has 0 aliphatic rings. The van der Waals surface area contributed by atoms with Crippen LogP contribution in [0.1, 0.15) is 30.9 Å². The van der Waals surface area contributed by atoms with E-state index in [0.29, 0.717) is 0 Å². The minimum absolute atomic E-state index is 0.00635. The first kappa shape index (κ1) is 18.0. The molecule has 5 heteroatoms. The molecule has 0 bridgehead atoms. The van der Waals surface area contributed by atoms with E-state index in [0.717, 1.165) is 11.1 Å². The average Bonchev–Trinajstić information content (AvgIpc) is 2.58. The first-order valence-electron chi connectivity index (χ1n) is 7.80. The van der Waals surface area contributed by atoms with E-state index in [1.807, 2.05) is 60.7 Å². The summed E-state index contributed by atoms with van der Waals surface area (Å²) >= 11 is 0. The van der Waals surface area contributed by atoms with Crippen LogP contribution in [-0.2, 0) is 10.2 Å². The fourth-order valence-electron chi connectivity index (χ4n) is 2.64. The van der Waals surface area contributed by atoms with Gasteiger partial charge in [-0.2, -0.15) is 13.2 Å². The van der Waals surface area contributed by atoms with E-state index < -0.39 is 18.0 Å². The molecule has 0 saturated heterocycles. The lowest BCUT2D eigenvalue weighted by Gasteiger charge is -2.29. The number of amides is 1. The van der Waals surface area contributed by atoms with E-state index in [9.17, 15) is 18.0 Å². The molecule has 1 amide bonds. The van der Waals surface area contributed by atoms with Gasteiger partial charge in [0.25, 0.3) is 0 Å². The van der Waals surface area contributed by atoms with Crippen molar-refractivity contribution in [2.75, 3.05) is 6.54 Å². The highest BCUT2D eigenvalue weighted by atomic mass is 19.4. The van der Waals surface area contributed by atoms with Crippen LogP contribution in [0.25, 0.3) is 0 Å². The summed E-state index contributed by atoms with van der Waals surface area (Å²) in [5.41, 5.74) is 0.634. The fourth-order valence-corrected chi connectivity index (χ4v) is 2.64. The van der Waals surface area contributed by atoms with Crippen molar-refractivity contribution in [1.29, 1.82) is 0 Å². The van der Waals surface area contributed by atoms with Crippen LogP contribution in [0, 0.1) is 0 Å². The zero-order valence-electron chi connectivity index (χ0n) is 13.4.